The first-order valence-corrected chi connectivity index (χ1v) is 8.27. The van der Waals surface area contributed by atoms with Crippen LogP contribution in [-0.4, -0.2) is 27.2 Å². The SMILES string of the molecule is CC(C)n1ncc(C(=O)NCCc2c[nH]c3ccccc23)c1C(F)(F)F. The molecule has 3 rings (SSSR count). The number of hydrogen-bond acceptors (Lipinski definition) is 2. The smallest absolute Gasteiger partial charge is 0.361 e. The lowest BCUT2D eigenvalue weighted by Gasteiger charge is -2.15. The van der Waals surface area contributed by atoms with Crippen LogP contribution >= 0.6 is 0 Å². The van der Waals surface area contributed by atoms with Crippen molar-refractivity contribution < 1.29 is 18.0 Å². The van der Waals surface area contributed by atoms with Crippen molar-refractivity contribution in [3.05, 3.63) is 53.5 Å². The van der Waals surface area contributed by atoms with Crippen LogP contribution in [0.15, 0.2) is 36.7 Å². The number of para-hydroxylation sites is 1. The number of amides is 1. The lowest BCUT2D eigenvalue weighted by molar-refractivity contribution is -0.145. The predicted molar refractivity (Wildman–Crippen MR) is 91.9 cm³/mol. The number of aromatic amines is 1. The Kier molecular flexibility index (Phi) is 4.76. The van der Waals surface area contributed by atoms with E-state index < -0.39 is 29.4 Å². The second kappa shape index (κ2) is 6.86. The standard InChI is InChI=1S/C18H19F3N4O/c1-11(2)25-16(18(19,20)21)14(10-24-25)17(26)22-8-7-12-9-23-15-6-4-3-5-13(12)15/h3-6,9-11,23H,7-8H2,1-2H3,(H,22,26). The van der Waals surface area contributed by atoms with Gasteiger partial charge in [0.15, 0.2) is 5.69 Å². The fraction of sp³-hybridized carbons (Fsp3) is 0.333. The van der Waals surface area contributed by atoms with Crippen LogP contribution in [-0.2, 0) is 12.6 Å². The molecule has 0 aliphatic heterocycles. The molecule has 0 atom stereocenters. The van der Waals surface area contributed by atoms with Crippen molar-refractivity contribution in [1.82, 2.24) is 20.1 Å². The second-order valence-electron chi connectivity index (χ2n) is 6.31. The van der Waals surface area contributed by atoms with Gasteiger partial charge in [-0.15, -0.1) is 0 Å². The fourth-order valence-electron chi connectivity index (χ4n) is 2.95. The highest BCUT2D eigenvalue weighted by Gasteiger charge is 2.40. The first-order chi connectivity index (χ1) is 12.3. The van der Waals surface area contributed by atoms with Gasteiger partial charge < -0.3 is 10.3 Å². The van der Waals surface area contributed by atoms with Crippen LogP contribution in [0.3, 0.4) is 0 Å². The number of nitrogens with one attached hydrogen (secondary N) is 2. The maximum absolute atomic E-state index is 13.3. The number of alkyl halides is 3. The molecule has 0 saturated carbocycles. The number of nitrogens with zero attached hydrogens (tertiary/aromatic N) is 2. The molecule has 0 radical (unpaired) electrons. The van der Waals surface area contributed by atoms with E-state index in [-0.39, 0.29) is 6.54 Å². The summed E-state index contributed by atoms with van der Waals surface area (Å²) >= 11 is 0. The second-order valence-corrected chi connectivity index (χ2v) is 6.31. The normalized spacial score (nSPS) is 12.1. The molecule has 2 heterocycles. The Balaban J connectivity index is 1.73. The molecule has 26 heavy (non-hydrogen) atoms. The van der Waals surface area contributed by atoms with Crippen LogP contribution in [0.2, 0.25) is 0 Å². The summed E-state index contributed by atoms with van der Waals surface area (Å²) in [4.78, 5) is 15.4. The Morgan fingerprint density at radius 2 is 2.04 bits per heavy atom. The summed E-state index contributed by atoms with van der Waals surface area (Å²) in [5.74, 6) is -0.774. The van der Waals surface area contributed by atoms with Crippen LogP contribution < -0.4 is 5.32 Å². The van der Waals surface area contributed by atoms with E-state index in [0.717, 1.165) is 27.3 Å². The minimum Gasteiger partial charge on any atom is -0.361 e. The Hall–Kier alpha value is -2.77. The highest BCUT2D eigenvalue weighted by Crippen LogP contribution is 2.33. The molecule has 1 aromatic carbocycles. The van der Waals surface area contributed by atoms with Crippen molar-refractivity contribution in [2.45, 2.75) is 32.5 Å². The average Bonchev–Trinajstić information content (AvgIpc) is 3.19. The molecule has 1 amide bonds. The minimum absolute atomic E-state index is 0.227. The summed E-state index contributed by atoms with van der Waals surface area (Å²) < 4.78 is 40.8. The zero-order chi connectivity index (χ0) is 18.9. The third-order valence-electron chi connectivity index (χ3n) is 4.15. The number of aromatic nitrogens is 3. The average molecular weight is 364 g/mol. The largest absolute Gasteiger partial charge is 0.433 e. The molecular weight excluding hydrogens is 345 g/mol. The monoisotopic (exact) mass is 364 g/mol. The molecule has 138 valence electrons. The van der Waals surface area contributed by atoms with Crippen LogP contribution in [0, 0.1) is 0 Å². The van der Waals surface area contributed by atoms with Crippen LogP contribution in [0.25, 0.3) is 10.9 Å². The maximum atomic E-state index is 13.3. The summed E-state index contributed by atoms with van der Waals surface area (Å²) in [6.45, 7) is 3.40. The van der Waals surface area contributed by atoms with Crippen molar-refractivity contribution in [3.63, 3.8) is 0 Å². The third kappa shape index (κ3) is 3.44. The van der Waals surface area contributed by atoms with Crippen molar-refractivity contribution in [2.75, 3.05) is 6.54 Å². The van der Waals surface area contributed by atoms with Crippen molar-refractivity contribution in [1.29, 1.82) is 0 Å². The van der Waals surface area contributed by atoms with Gasteiger partial charge in [-0.1, -0.05) is 18.2 Å². The first-order valence-electron chi connectivity index (χ1n) is 8.27. The molecule has 2 aromatic heterocycles. The van der Waals surface area contributed by atoms with Gasteiger partial charge in [0, 0.05) is 29.7 Å². The highest BCUT2D eigenvalue weighted by atomic mass is 19.4. The van der Waals surface area contributed by atoms with Crippen molar-refractivity contribution in [2.24, 2.45) is 0 Å². The number of fused-ring (bicyclic) bond motifs is 1. The van der Waals surface area contributed by atoms with E-state index in [1.807, 2.05) is 30.5 Å². The Morgan fingerprint density at radius 3 is 2.73 bits per heavy atom. The molecule has 5 nitrogen and oxygen atoms in total. The van der Waals surface area contributed by atoms with Gasteiger partial charge in [-0.25, -0.2) is 0 Å². The summed E-state index contributed by atoms with van der Waals surface area (Å²) in [5, 5.41) is 7.33. The summed E-state index contributed by atoms with van der Waals surface area (Å²) in [6, 6.07) is 7.22. The molecule has 8 heteroatoms. The molecule has 0 aliphatic carbocycles. The number of benzene rings is 1. The van der Waals surface area contributed by atoms with E-state index in [0.29, 0.717) is 6.42 Å². The number of H-pyrrole nitrogens is 1. The van der Waals surface area contributed by atoms with Crippen LogP contribution in [0.1, 0.15) is 41.5 Å². The minimum atomic E-state index is -4.65. The molecule has 2 N–H and O–H groups in total. The summed E-state index contributed by atoms with van der Waals surface area (Å²) in [5.41, 5.74) is 0.503. The van der Waals surface area contributed by atoms with Crippen molar-refractivity contribution >= 4 is 16.8 Å². The zero-order valence-electron chi connectivity index (χ0n) is 14.4. The number of hydrogen-bond donors (Lipinski definition) is 2. The van der Waals surface area contributed by atoms with Crippen LogP contribution in [0.5, 0.6) is 0 Å². The Labute approximate surface area is 148 Å². The Morgan fingerprint density at radius 1 is 1.31 bits per heavy atom. The Bertz CT molecular complexity index is 924. The fourth-order valence-corrected chi connectivity index (χ4v) is 2.95. The first kappa shape index (κ1) is 18.0. The number of halogens is 3. The van der Waals surface area contributed by atoms with E-state index in [1.165, 1.54) is 0 Å². The molecule has 0 fully saturated rings. The molecule has 0 aliphatic rings. The van der Waals surface area contributed by atoms with Gasteiger partial charge in [0.1, 0.15) is 0 Å². The number of carbonyl (C=O) groups excluding carboxylic acids is 1. The van der Waals surface area contributed by atoms with E-state index in [2.05, 4.69) is 15.4 Å². The van der Waals surface area contributed by atoms with E-state index in [4.69, 9.17) is 0 Å². The highest BCUT2D eigenvalue weighted by molar-refractivity contribution is 5.95. The van der Waals surface area contributed by atoms with Gasteiger partial charge in [0.05, 0.1) is 11.8 Å². The quantitative estimate of drug-likeness (QED) is 0.720. The lowest BCUT2D eigenvalue weighted by atomic mass is 10.1. The van der Waals surface area contributed by atoms with Gasteiger partial charge in [0.2, 0.25) is 0 Å². The molecule has 0 saturated heterocycles. The topological polar surface area (TPSA) is 62.7 Å². The van der Waals surface area contributed by atoms with Gasteiger partial charge >= 0.3 is 6.18 Å². The number of carbonyl (C=O) groups is 1. The summed E-state index contributed by atoms with van der Waals surface area (Å²) in [7, 11) is 0. The zero-order valence-corrected chi connectivity index (χ0v) is 14.4. The van der Waals surface area contributed by atoms with Gasteiger partial charge in [-0.3, -0.25) is 9.48 Å². The van der Waals surface area contributed by atoms with Crippen LogP contribution in [0.4, 0.5) is 13.2 Å². The molecule has 0 bridgehead atoms. The van der Waals surface area contributed by atoms with Gasteiger partial charge in [-0.05, 0) is 31.9 Å². The maximum Gasteiger partial charge on any atom is 0.433 e. The molecular formula is C18H19F3N4O. The van der Waals surface area contributed by atoms with E-state index >= 15 is 0 Å². The molecule has 0 unspecified atom stereocenters. The summed E-state index contributed by atoms with van der Waals surface area (Å²) in [6.07, 6.45) is -1.32. The molecule has 0 spiro atoms. The van der Waals surface area contributed by atoms with E-state index in [1.54, 1.807) is 13.8 Å². The molecule has 3 aromatic rings. The van der Waals surface area contributed by atoms with Gasteiger partial charge in [-0.2, -0.15) is 18.3 Å². The lowest BCUT2D eigenvalue weighted by Crippen LogP contribution is -2.28. The number of rotatable bonds is 5. The third-order valence-corrected chi connectivity index (χ3v) is 4.15. The predicted octanol–water partition coefficient (Wildman–Crippen LogP) is 3.94. The van der Waals surface area contributed by atoms with Crippen molar-refractivity contribution in [3.8, 4) is 0 Å². The van der Waals surface area contributed by atoms with Gasteiger partial charge in [0.25, 0.3) is 5.91 Å². The van der Waals surface area contributed by atoms with E-state index in [9.17, 15) is 18.0 Å².